The van der Waals surface area contributed by atoms with Crippen LogP contribution in [0.3, 0.4) is 0 Å². The Kier molecular flexibility index (Phi) is 4.82. The summed E-state index contributed by atoms with van der Waals surface area (Å²) in [7, 11) is 0. The molecule has 0 aromatic carbocycles. The number of hydrogen-bond acceptors (Lipinski definition) is 3. The van der Waals surface area contributed by atoms with Crippen LogP contribution < -0.4 is 5.32 Å². The van der Waals surface area contributed by atoms with E-state index in [9.17, 15) is 0 Å². The largest absolute Gasteiger partial charge is 0.302 e. The maximum atomic E-state index is 9.08. The molecule has 1 N–H and O–H groups in total. The van der Waals surface area contributed by atoms with Crippen LogP contribution in [0.25, 0.3) is 0 Å². The fourth-order valence-corrected chi connectivity index (χ4v) is 2.32. The molecule has 1 unspecified atom stereocenters. The highest BCUT2D eigenvalue weighted by atomic mass is 15.2. The first-order valence-electron chi connectivity index (χ1n) is 7.20. The molecule has 0 aromatic heterocycles. The molecule has 2 aliphatic rings. The monoisotopic (exact) mass is 235 g/mol. The first-order chi connectivity index (χ1) is 8.33. The molecule has 1 atom stereocenters. The number of nitrogens with zero attached hydrogens (tertiary/aromatic N) is 2. The molecule has 0 aromatic rings. The Hall–Kier alpha value is -0.590. The van der Waals surface area contributed by atoms with Gasteiger partial charge in [-0.05, 0) is 51.0 Å². The first-order valence-corrected chi connectivity index (χ1v) is 7.20. The van der Waals surface area contributed by atoms with Crippen LogP contribution in [-0.4, -0.2) is 36.6 Å². The minimum Gasteiger partial charge on any atom is -0.302 e. The fourth-order valence-electron chi connectivity index (χ4n) is 2.32. The van der Waals surface area contributed by atoms with E-state index in [1.807, 2.05) is 0 Å². The molecule has 2 saturated carbocycles. The average molecular weight is 235 g/mol. The number of rotatable bonds is 9. The van der Waals surface area contributed by atoms with Gasteiger partial charge >= 0.3 is 0 Å². The lowest BCUT2D eigenvalue weighted by Gasteiger charge is -2.23. The third-order valence-electron chi connectivity index (χ3n) is 3.75. The van der Waals surface area contributed by atoms with Crippen LogP contribution in [0.5, 0.6) is 0 Å². The standard InChI is InChI=1S/C14H25N3/c1-2-8-16-13(10-15)7-9-17(14-5-6-14)11-12-3-4-12/h12-14,16H,2-9,11H2,1H3. The second kappa shape index (κ2) is 6.37. The van der Waals surface area contributed by atoms with Gasteiger partial charge in [-0.2, -0.15) is 5.26 Å². The Bertz CT molecular complexity index is 263. The molecule has 3 heteroatoms. The highest BCUT2D eigenvalue weighted by Crippen LogP contribution is 2.34. The van der Waals surface area contributed by atoms with Gasteiger partial charge in [-0.1, -0.05) is 6.92 Å². The van der Waals surface area contributed by atoms with Crippen molar-refractivity contribution in [2.75, 3.05) is 19.6 Å². The summed E-state index contributed by atoms with van der Waals surface area (Å²) in [6.07, 6.45) is 7.71. The first kappa shape index (κ1) is 12.9. The van der Waals surface area contributed by atoms with Crippen LogP contribution in [0.1, 0.15) is 45.4 Å². The topological polar surface area (TPSA) is 39.1 Å². The minimum atomic E-state index is 0.0513. The lowest BCUT2D eigenvalue weighted by Crippen LogP contribution is -2.35. The summed E-state index contributed by atoms with van der Waals surface area (Å²) in [6.45, 7) is 5.50. The van der Waals surface area contributed by atoms with Crippen LogP contribution in [0.15, 0.2) is 0 Å². The van der Waals surface area contributed by atoms with Crippen molar-refractivity contribution in [2.45, 2.75) is 57.5 Å². The van der Waals surface area contributed by atoms with Gasteiger partial charge in [0.25, 0.3) is 0 Å². The van der Waals surface area contributed by atoms with E-state index in [1.54, 1.807) is 0 Å². The van der Waals surface area contributed by atoms with Crippen molar-refractivity contribution >= 4 is 0 Å². The summed E-state index contributed by atoms with van der Waals surface area (Å²) < 4.78 is 0. The smallest absolute Gasteiger partial charge is 0.0965 e. The maximum absolute atomic E-state index is 9.08. The predicted octanol–water partition coefficient (Wildman–Crippen LogP) is 2.14. The van der Waals surface area contributed by atoms with Crippen molar-refractivity contribution in [2.24, 2.45) is 5.92 Å². The number of hydrogen-bond donors (Lipinski definition) is 1. The zero-order valence-corrected chi connectivity index (χ0v) is 11.0. The van der Waals surface area contributed by atoms with Crippen molar-refractivity contribution in [3.8, 4) is 6.07 Å². The quantitative estimate of drug-likeness (QED) is 0.665. The average Bonchev–Trinajstić information content (AvgIpc) is 3.19. The summed E-state index contributed by atoms with van der Waals surface area (Å²) in [5.74, 6) is 0.972. The lowest BCUT2D eigenvalue weighted by atomic mass is 10.2. The molecule has 0 saturated heterocycles. The van der Waals surface area contributed by atoms with Gasteiger partial charge in [-0.25, -0.2) is 0 Å². The Morgan fingerprint density at radius 3 is 2.65 bits per heavy atom. The third-order valence-corrected chi connectivity index (χ3v) is 3.75. The summed E-state index contributed by atoms with van der Waals surface area (Å²) in [5, 5.41) is 12.4. The molecule has 17 heavy (non-hydrogen) atoms. The molecule has 3 nitrogen and oxygen atoms in total. The SMILES string of the molecule is CCCNC(C#N)CCN(CC1CC1)C1CC1. The van der Waals surface area contributed by atoms with Crippen molar-refractivity contribution in [1.82, 2.24) is 10.2 Å². The zero-order chi connectivity index (χ0) is 12.1. The van der Waals surface area contributed by atoms with Crippen LogP contribution in [0.4, 0.5) is 0 Å². The molecule has 0 spiro atoms. The fraction of sp³-hybridized carbons (Fsp3) is 0.929. The molecule has 0 radical (unpaired) electrons. The third kappa shape index (κ3) is 4.65. The van der Waals surface area contributed by atoms with E-state index in [0.717, 1.165) is 37.9 Å². The van der Waals surface area contributed by atoms with Crippen molar-refractivity contribution in [3.63, 3.8) is 0 Å². The summed E-state index contributed by atoms with van der Waals surface area (Å²) in [5.41, 5.74) is 0. The normalized spacial score (nSPS) is 21.5. The molecule has 2 rings (SSSR count). The predicted molar refractivity (Wildman–Crippen MR) is 69.6 cm³/mol. The van der Waals surface area contributed by atoms with Gasteiger partial charge in [0.2, 0.25) is 0 Å². The second-order valence-corrected chi connectivity index (χ2v) is 5.59. The Labute approximate surface area is 105 Å². The second-order valence-electron chi connectivity index (χ2n) is 5.59. The van der Waals surface area contributed by atoms with Gasteiger partial charge in [0, 0.05) is 19.1 Å². The maximum Gasteiger partial charge on any atom is 0.0965 e. The van der Waals surface area contributed by atoms with E-state index in [1.165, 1.54) is 32.2 Å². The minimum absolute atomic E-state index is 0.0513. The Morgan fingerprint density at radius 2 is 2.12 bits per heavy atom. The summed E-state index contributed by atoms with van der Waals surface area (Å²) >= 11 is 0. The molecule has 2 aliphatic carbocycles. The molecule has 0 bridgehead atoms. The molecular weight excluding hydrogens is 210 g/mol. The van der Waals surface area contributed by atoms with E-state index in [2.05, 4.69) is 23.2 Å². The molecular formula is C14H25N3. The molecule has 96 valence electrons. The van der Waals surface area contributed by atoms with Crippen molar-refractivity contribution in [3.05, 3.63) is 0 Å². The highest BCUT2D eigenvalue weighted by molar-refractivity contribution is 4.93. The highest BCUT2D eigenvalue weighted by Gasteiger charge is 2.33. The van der Waals surface area contributed by atoms with E-state index in [-0.39, 0.29) is 6.04 Å². The molecule has 0 amide bonds. The molecule has 0 aliphatic heterocycles. The Morgan fingerprint density at radius 1 is 1.35 bits per heavy atom. The van der Waals surface area contributed by atoms with E-state index in [4.69, 9.17) is 5.26 Å². The molecule has 0 heterocycles. The zero-order valence-electron chi connectivity index (χ0n) is 11.0. The van der Waals surface area contributed by atoms with E-state index >= 15 is 0 Å². The van der Waals surface area contributed by atoms with Crippen LogP contribution in [0, 0.1) is 17.2 Å². The van der Waals surface area contributed by atoms with Gasteiger partial charge < -0.3 is 10.2 Å². The lowest BCUT2D eigenvalue weighted by molar-refractivity contribution is 0.243. The summed E-state index contributed by atoms with van der Waals surface area (Å²) in [4.78, 5) is 2.63. The van der Waals surface area contributed by atoms with Gasteiger partial charge in [-0.15, -0.1) is 0 Å². The number of nitriles is 1. The number of nitrogens with one attached hydrogen (secondary N) is 1. The summed E-state index contributed by atoms with van der Waals surface area (Å²) in [6, 6.07) is 3.28. The van der Waals surface area contributed by atoms with Crippen LogP contribution in [0.2, 0.25) is 0 Å². The molecule has 2 fully saturated rings. The van der Waals surface area contributed by atoms with Gasteiger partial charge in [0.1, 0.15) is 0 Å². The Balaban J connectivity index is 1.67. The van der Waals surface area contributed by atoms with Crippen molar-refractivity contribution in [1.29, 1.82) is 5.26 Å². The van der Waals surface area contributed by atoms with E-state index in [0.29, 0.717) is 0 Å². The van der Waals surface area contributed by atoms with Gasteiger partial charge in [0.15, 0.2) is 0 Å². The van der Waals surface area contributed by atoms with Gasteiger partial charge in [0.05, 0.1) is 12.1 Å². The van der Waals surface area contributed by atoms with Gasteiger partial charge in [-0.3, -0.25) is 0 Å². The van der Waals surface area contributed by atoms with Crippen molar-refractivity contribution < 1.29 is 0 Å². The van der Waals surface area contributed by atoms with Crippen LogP contribution in [-0.2, 0) is 0 Å². The van der Waals surface area contributed by atoms with Crippen LogP contribution >= 0.6 is 0 Å². The van der Waals surface area contributed by atoms with E-state index < -0.39 is 0 Å².